The molecule has 1 aliphatic carbocycles. The first-order valence-corrected chi connectivity index (χ1v) is 17.5. The van der Waals surface area contributed by atoms with Crippen molar-refractivity contribution in [3.05, 3.63) is 175 Å². The van der Waals surface area contributed by atoms with Gasteiger partial charge in [-0.25, -0.2) is 0 Å². The van der Waals surface area contributed by atoms with Crippen molar-refractivity contribution in [2.24, 2.45) is 0 Å². The van der Waals surface area contributed by atoms with Gasteiger partial charge in [0.25, 0.3) is 0 Å². The Kier molecular flexibility index (Phi) is 6.13. The third-order valence-electron chi connectivity index (χ3n) is 9.65. The third kappa shape index (κ3) is 3.85. The zero-order valence-electron chi connectivity index (χ0n) is 25.6. The minimum absolute atomic E-state index is 0.273. The minimum atomic E-state index is -1.89. The highest BCUT2D eigenvalue weighted by Crippen LogP contribution is 2.74. The Labute approximate surface area is 270 Å². The van der Waals surface area contributed by atoms with Crippen LogP contribution in [0.2, 0.25) is 0 Å². The lowest BCUT2D eigenvalue weighted by molar-refractivity contribution is 0.424. The predicted molar refractivity (Wildman–Crippen MR) is 192 cm³/mol. The van der Waals surface area contributed by atoms with E-state index in [1.165, 1.54) is 52.3 Å². The SMILES string of the molecule is CC1(n2c3ccccc3c3ccccc32)C=Cc2oc3c(S(c4ccccc4)(c4ccccc4)c4ccccc4)cccc3c2C1. The molecular weight excluding hydrogens is 579 g/mol. The number of allylic oxidation sites excluding steroid dienone is 1. The van der Waals surface area contributed by atoms with Crippen molar-refractivity contribution in [2.45, 2.75) is 38.5 Å². The maximum absolute atomic E-state index is 7.00. The Hall–Kier alpha value is -5.25. The molecule has 0 spiro atoms. The summed E-state index contributed by atoms with van der Waals surface area (Å²) >= 11 is 0. The van der Waals surface area contributed by atoms with Gasteiger partial charge in [-0.2, -0.15) is 0 Å². The van der Waals surface area contributed by atoms with Crippen LogP contribution in [0.25, 0.3) is 38.9 Å². The van der Waals surface area contributed by atoms with E-state index in [0.29, 0.717) is 0 Å². The molecule has 0 radical (unpaired) electrons. The average molecular weight is 612 g/mol. The lowest BCUT2D eigenvalue weighted by Crippen LogP contribution is -2.32. The van der Waals surface area contributed by atoms with E-state index in [1.807, 2.05) is 0 Å². The van der Waals surface area contributed by atoms with E-state index in [0.717, 1.165) is 17.8 Å². The fourth-order valence-corrected chi connectivity index (χ4v) is 11.7. The van der Waals surface area contributed by atoms with Gasteiger partial charge in [0.15, 0.2) is 0 Å². The van der Waals surface area contributed by atoms with Crippen LogP contribution in [0.4, 0.5) is 0 Å². The highest BCUT2D eigenvalue weighted by molar-refractivity contribution is 8.34. The van der Waals surface area contributed by atoms with E-state index in [4.69, 9.17) is 4.42 Å². The lowest BCUT2D eigenvalue weighted by Gasteiger charge is -2.41. The molecule has 6 aromatic carbocycles. The second-order valence-corrected chi connectivity index (χ2v) is 15.4. The topological polar surface area (TPSA) is 18.1 Å². The zero-order chi connectivity index (χ0) is 30.7. The number of rotatable bonds is 5. The minimum Gasteiger partial charge on any atom is -0.455 e. The molecule has 2 aromatic heterocycles. The molecule has 0 aliphatic heterocycles. The van der Waals surface area contributed by atoms with Gasteiger partial charge >= 0.3 is 0 Å². The summed E-state index contributed by atoms with van der Waals surface area (Å²) in [5, 5.41) is 3.78. The molecule has 0 fully saturated rings. The van der Waals surface area contributed by atoms with E-state index < -0.39 is 10.0 Å². The van der Waals surface area contributed by atoms with Gasteiger partial charge in [-0.15, -0.1) is 10.0 Å². The van der Waals surface area contributed by atoms with Crippen LogP contribution < -0.4 is 0 Å². The fraction of sp³-hybridized carbons (Fsp3) is 0.0698. The molecule has 1 unspecified atom stereocenters. The lowest BCUT2D eigenvalue weighted by atomic mass is 9.86. The van der Waals surface area contributed by atoms with Crippen molar-refractivity contribution in [2.75, 3.05) is 0 Å². The molecule has 1 aliphatic rings. The monoisotopic (exact) mass is 611 g/mol. The number of fused-ring (bicyclic) bond motifs is 6. The van der Waals surface area contributed by atoms with Crippen molar-refractivity contribution < 1.29 is 4.42 Å². The summed E-state index contributed by atoms with van der Waals surface area (Å²) in [4.78, 5) is 5.11. The van der Waals surface area contributed by atoms with Crippen molar-refractivity contribution in [1.82, 2.24) is 4.57 Å². The summed E-state index contributed by atoms with van der Waals surface area (Å²) in [5.74, 6) is 0.961. The van der Waals surface area contributed by atoms with Gasteiger partial charge in [-0.05, 0) is 67.6 Å². The summed E-state index contributed by atoms with van der Waals surface area (Å²) < 4.78 is 9.54. The number of aromatic nitrogens is 1. The molecule has 0 N–H and O–H groups in total. The second-order valence-electron chi connectivity index (χ2n) is 12.4. The molecule has 9 rings (SSSR count). The third-order valence-corrected chi connectivity index (χ3v) is 13.6. The van der Waals surface area contributed by atoms with E-state index in [1.54, 1.807) is 0 Å². The zero-order valence-corrected chi connectivity index (χ0v) is 26.5. The number of benzene rings is 6. The smallest absolute Gasteiger partial charge is 0.148 e. The van der Waals surface area contributed by atoms with Gasteiger partial charge in [0.1, 0.15) is 11.3 Å². The summed E-state index contributed by atoms with van der Waals surface area (Å²) in [6.07, 6.45) is 5.40. The van der Waals surface area contributed by atoms with Crippen LogP contribution in [0, 0.1) is 0 Å². The van der Waals surface area contributed by atoms with Crippen molar-refractivity contribution in [3.8, 4) is 0 Å². The summed E-state index contributed by atoms with van der Waals surface area (Å²) in [6, 6.07) is 57.4. The van der Waals surface area contributed by atoms with Crippen LogP contribution in [-0.2, 0) is 12.0 Å². The summed E-state index contributed by atoms with van der Waals surface area (Å²) in [7, 11) is -1.89. The van der Waals surface area contributed by atoms with Crippen LogP contribution in [0.1, 0.15) is 18.2 Å². The molecule has 2 nitrogen and oxygen atoms in total. The van der Waals surface area contributed by atoms with Crippen molar-refractivity contribution in [3.63, 3.8) is 0 Å². The second kappa shape index (κ2) is 10.4. The number of furan rings is 1. The molecule has 3 heteroatoms. The molecule has 0 bridgehead atoms. The van der Waals surface area contributed by atoms with Crippen molar-refractivity contribution >= 4 is 48.9 Å². The van der Waals surface area contributed by atoms with Crippen LogP contribution in [-0.4, -0.2) is 4.57 Å². The van der Waals surface area contributed by atoms with Gasteiger partial charge in [0.05, 0.1) is 5.54 Å². The highest BCUT2D eigenvalue weighted by atomic mass is 32.3. The standard InChI is InChI=1S/C43H33NOS/c1-43(44-38-25-13-11-22-34(38)35-23-12-14-26-39(35)44)29-28-40-37(30-43)36-24-15-27-41(42(36)45-40)46(31-16-5-2-6-17-31,32-18-7-3-8-19-32)33-20-9-4-10-21-33/h2-29H,30H2,1H3. The van der Waals surface area contributed by atoms with E-state index >= 15 is 0 Å². The molecule has 2 heterocycles. The molecule has 46 heavy (non-hydrogen) atoms. The maximum atomic E-state index is 7.00. The Balaban J connectivity index is 1.30. The molecule has 1 atom stereocenters. The molecular formula is C43H33NOS. The number of hydrogen-bond donors (Lipinski definition) is 0. The van der Waals surface area contributed by atoms with Crippen LogP contribution in [0.15, 0.2) is 188 Å². The molecule has 0 amide bonds. The predicted octanol–water partition coefficient (Wildman–Crippen LogP) is 11.9. The van der Waals surface area contributed by atoms with Crippen LogP contribution >= 0.6 is 10.0 Å². The molecule has 0 saturated heterocycles. The molecule has 0 saturated carbocycles. The Morgan fingerprint density at radius 1 is 0.543 bits per heavy atom. The largest absolute Gasteiger partial charge is 0.455 e. The number of para-hydroxylation sites is 3. The van der Waals surface area contributed by atoms with Gasteiger partial charge in [-0.1, -0.05) is 109 Å². The van der Waals surface area contributed by atoms with Crippen molar-refractivity contribution in [1.29, 1.82) is 0 Å². The van der Waals surface area contributed by atoms with Gasteiger partial charge < -0.3 is 8.98 Å². The Morgan fingerprint density at radius 2 is 1.02 bits per heavy atom. The maximum Gasteiger partial charge on any atom is 0.148 e. The highest BCUT2D eigenvalue weighted by Gasteiger charge is 2.38. The number of nitrogens with zero attached hydrogens (tertiary/aromatic N) is 1. The fourth-order valence-electron chi connectivity index (χ4n) is 7.68. The normalized spacial score (nSPS) is 16.6. The van der Waals surface area contributed by atoms with Crippen LogP contribution in [0.5, 0.6) is 0 Å². The van der Waals surface area contributed by atoms with E-state index in [-0.39, 0.29) is 5.54 Å². The van der Waals surface area contributed by atoms with E-state index in [2.05, 4.69) is 181 Å². The van der Waals surface area contributed by atoms with E-state index in [9.17, 15) is 0 Å². The van der Waals surface area contributed by atoms with Gasteiger partial charge in [0.2, 0.25) is 0 Å². The average Bonchev–Trinajstić information content (AvgIpc) is 3.66. The Morgan fingerprint density at radius 3 is 1.57 bits per heavy atom. The number of hydrogen-bond acceptors (Lipinski definition) is 1. The first kappa shape index (κ1) is 27.1. The molecule has 8 aromatic rings. The molecule has 222 valence electrons. The quantitative estimate of drug-likeness (QED) is 0.189. The first-order chi connectivity index (χ1) is 22.7. The first-order valence-electron chi connectivity index (χ1n) is 15.9. The van der Waals surface area contributed by atoms with Gasteiger partial charge in [0, 0.05) is 58.8 Å². The van der Waals surface area contributed by atoms with Crippen LogP contribution in [0.3, 0.4) is 0 Å². The van der Waals surface area contributed by atoms with Gasteiger partial charge in [-0.3, -0.25) is 0 Å². The summed E-state index contributed by atoms with van der Waals surface area (Å²) in [6.45, 7) is 2.36. The summed E-state index contributed by atoms with van der Waals surface area (Å²) in [5.41, 5.74) is 4.49. The Bertz CT molecular complexity index is 2250.